The maximum absolute atomic E-state index is 12.2. The number of oxazole rings is 1. The van der Waals surface area contributed by atoms with E-state index in [0.717, 1.165) is 10.9 Å². The summed E-state index contributed by atoms with van der Waals surface area (Å²) in [5.41, 5.74) is 0.887. The van der Waals surface area contributed by atoms with Gasteiger partial charge in [0.25, 0.3) is 5.91 Å². The molecule has 0 saturated heterocycles. The summed E-state index contributed by atoms with van der Waals surface area (Å²) in [6, 6.07) is 9.04. The van der Waals surface area contributed by atoms with Crippen molar-refractivity contribution in [3.05, 3.63) is 60.2 Å². The molecular formula is C17H15N7O3. The normalized spacial score (nSPS) is 12.0. The number of H-pyrrole nitrogens is 1. The van der Waals surface area contributed by atoms with E-state index in [1.807, 2.05) is 30.3 Å². The summed E-state index contributed by atoms with van der Waals surface area (Å²) in [7, 11) is 0. The van der Waals surface area contributed by atoms with Gasteiger partial charge in [0.2, 0.25) is 5.89 Å². The molecule has 3 aromatic heterocycles. The Morgan fingerprint density at radius 2 is 2.22 bits per heavy atom. The van der Waals surface area contributed by atoms with Crippen LogP contribution in [0.2, 0.25) is 0 Å². The molecule has 3 heterocycles. The third-order valence-corrected chi connectivity index (χ3v) is 3.83. The van der Waals surface area contributed by atoms with Crippen molar-refractivity contribution in [2.45, 2.75) is 19.6 Å². The zero-order valence-electron chi connectivity index (χ0n) is 14.3. The molecule has 0 aliphatic heterocycles. The van der Waals surface area contributed by atoms with Gasteiger partial charge in [-0.25, -0.2) is 4.98 Å². The zero-order valence-corrected chi connectivity index (χ0v) is 14.3. The summed E-state index contributed by atoms with van der Waals surface area (Å²) in [5, 5.41) is 17.1. The molecule has 1 aromatic carbocycles. The molecule has 0 saturated carbocycles. The molecule has 1 amide bonds. The quantitative estimate of drug-likeness (QED) is 0.529. The smallest absolute Gasteiger partial charge is 0.273 e. The number of hydrogen-bond acceptors (Lipinski definition) is 8. The first-order chi connectivity index (χ1) is 13.2. The van der Waals surface area contributed by atoms with E-state index in [0.29, 0.717) is 11.6 Å². The Hall–Kier alpha value is -3.82. The number of ether oxygens (including phenoxy) is 1. The molecule has 0 spiro atoms. The highest BCUT2D eigenvalue weighted by molar-refractivity contribution is 5.92. The molecule has 1 atom stereocenters. The second kappa shape index (κ2) is 7.20. The molecule has 0 bridgehead atoms. The monoisotopic (exact) mass is 365 g/mol. The van der Waals surface area contributed by atoms with E-state index >= 15 is 0 Å². The SMILES string of the molecule is CC(NC(=O)c1coc(COc2cccc3cccnc23)n1)c1nn[nH]n1. The number of nitrogens with zero attached hydrogens (tertiary/aromatic N) is 5. The number of benzene rings is 1. The predicted molar refractivity (Wildman–Crippen MR) is 92.6 cm³/mol. The van der Waals surface area contributed by atoms with Gasteiger partial charge >= 0.3 is 0 Å². The van der Waals surface area contributed by atoms with Gasteiger partial charge in [-0.2, -0.15) is 5.21 Å². The number of rotatable bonds is 6. The Morgan fingerprint density at radius 3 is 3.07 bits per heavy atom. The number of amides is 1. The van der Waals surface area contributed by atoms with Gasteiger partial charge in [0.05, 0.1) is 6.04 Å². The van der Waals surface area contributed by atoms with Crippen molar-refractivity contribution in [3.63, 3.8) is 0 Å². The van der Waals surface area contributed by atoms with Crippen LogP contribution in [0.1, 0.15) is 35.2 Å². The highest BCUT2D eigenvalue weighted by Crippen LogP contribution is 2.23. The molecule has 0 aliphatic carbocycles. The topological polar surface area (TPSA) is 132 Å². The molecule has 4 aromatic rings. The van der Waals surface area contributed by atoms with Crippen LogP contribution in [0.3, 0.4) is 0 Å². The van der Waals surface area contributed by atoms with E-state index in [-0.39, 0.29) is 18.2 Å². The minimum atomic E-state index is -0.422. The van der Waals surface area contributed by atoms with Crippen molar-refractivity contribution in [2.24, 2.45) is 0 Å². The first-order valence-corrected chi connectivity index (χ1v) is 8.16. The van der Waals surface area contributed by atoms with Crippen LogP contribution in [0.4, 0.5) is 0 Å². The third kappa shape index (κ3) is 3.59. The molecule has 1 unspecified atom stereocenters. The van der Waals surface area contributed by atoms with Crippen LogP contribution in [0.25, 0.3) is 10.9 Å². The lowest BCUT2D eigenvalue weighted by Gasteiger charge is -2.07. The summed E-state index contributed by atoms with van der Waals surface area (Å²) in [6.45, 7) is 1.81. The summed E-state index contributed by atoms with van der Waals surface area (Å²) >= 11 is 0. The Labute approximate surface area is 153 Å². The minimum Gasteiger partial charge on any atom is -0.482 e. The maximum atomic E-state index is 12.2. The predicted octanol–water partition coefficient (Wildman–Crippen LogP) is 1.81. The second-order valence-electron chi connectivity index (χ2n) is 5.71. The van der Waals surface area contributed by atoms with E-state index in [1.54, 1.807) is 13.1 Å². The van der Waals surface area contributed by atoms with Gasteiger partial charge in [-0.05, 0) is 19.1 Å². The Bertz CT molecular complexity index is 1060. The molecule has 4 rings (SSSR count). The van der Waals surface area contributed by atoms with Crippen molar-refractivity contribution in [3.8, 4) is 5.75 Å². The standard InChI is InChI=1S/C17H15N7O3/c1-10(16-21-23-24-22-16)19-17(25)12-8-27-14(20-12)9-26-13-6-2-4-11-5-3-7-18-15(11)13/h2-8,10H,9H2,1H3,(H,19,25)(H,21,22,23,24). The average Bonchev–Trinajstić information content (AvgIpc) is 3.38. The first-order valence-electron chi connectivity index (χ1n) is 8.16. The number of hydrogen-bond donors (Lipinski definition) is 2. The van der Waals surface area contributed by atoms with Crippen LogP contribution in [-0.4, -0.2) is 36.5 Å². The lowest BCUT2D eigenvalue weighted by Crippen LogP contribution is -2.27. The number of nitrogens with one attached hydrogen (secondary N) is 2. The van der Waals surface area contributed by atoms with Crippen LogP contribution in [0.15, 0.2) is 47.2 Å². The van der Waals surface area contributed by atoms with Crippen LogP contribution in [-0.2, 0) is 6.61 Å². The van der Waals surface area contributed by atoms with Gasteiger partial charge in [0.1, 0.15) is 17.5 Å². The van der Waals surface area contributed by atoms with Gasteiger partial charge < -0.3 is 14.5 Å². The number of tetrazole rings is 1. The second-order valence-corrected chi connectivity index (χ2v) is 5.71. The molecule has 27 heavy (non-hydrogen) atoms. The van der Waals surface area contributed by atoms with Crippen molar-refractivity contribution in [1.29, 1.82) is 0 Å². The maximum Gasteiger partial charge on any atom is 0.273 e. The van der Waals surface area contributed by atoms with Crippen molar-refractivity contribution in [2.75, 3.05) is 0 Å². The Balaban J connectivity index is 1.41. The van der Waals surface area contributed by atoms with Crippen molar-refractivity contribution < 1.29 is 13.9 Å². The van der Waals surface area contributed by atoms with Crippen LogP contribution in [0.5, 0.6) is 5.75 Å². The first kappa shape index (κ1) is 16.6. The number of carbonyl (C=O) groups excluding carboxylic acids is 1. The van der Waals surface area contributed by atoms with Gasteiger partial charge in [-0.3, -0.25) is 9.78 Å². The summed E-state index contributed by atoms with van der Waals surface area (Å²) in [4.78, 5) is 20.7. The lowest BCUT2D eigenvalue weighted by molar-refractivity contribution is 0.0933. The highest BCUT2D eigenvalue weighted by Gasteiger charge is 2.18. The van der Waals surface area contributed by atoms with Gasteiger partial charge in [-0.1, -0.05) is 23.4 Å². The fraction of sp³-hybridized carbons (Fsp3) is 0.176. The number of aromatic amines is 1. The van der Waals surface area contributed by atoms with Gasteiger partial charge in [0.15, 0.2) is 18.1 Å². The molecule has 2 N–H and O–H groups in total. The lowest BCUT2D eigenvalue weighted by atomic mass is 10.2. The molecular weight excluding hydrogens is 350 g/mol. The number of aromatic nitrogens is 6. The average molecular weight is 365 g/mol. The summed E-state index contributed by atoms with van der Waals surface area (Å²) in [5.74, 6) is 0.858. The summed E-state index contributed by atoms with van der Waals surface area (Å²) in [6.07, 6.45) is 2.98. The van der Waals surface area contributed by atoms with E-state index < -0.39 is 11.9 Å². The van der Waals surface area contributed by atoms with Crippen LogP contribution in [0, 0.1) is 0 Å². The van der Waals surface area contributed by atoms with E-state index in [2.05, 4.69) is 35.9 Å². The zero-order chi connectivity index (χ0) is 18.6. The Kier molecular flexibility index (Phi) is 4.44. The van der Waals surface area contributed by atoms with Crippen molar-refractivity contribution in [1.82, 2.24) is 35.9 Å². The molecule has 10 heteroatoms. The highest BCUT2D eigenvalue weighted by atomic mass is 16.5. The Morgan fingerprint density at radius 1 is 1.33 bits per heavy atom. The molecule has 136 valence electrons. The van der Waals surface area contributed by atoms with E-state index in [9.17, 15) is 4.79 Å². The molecule has 0 aliphatic rings. The fourth-order valence-corrected chi connectivity index (χ4v) is 2.50. The van der Waals surface area contributed by atoms with Crippen LogP contribution < -0.4 is 10.1 Å². The minimum absolute atomic E-state index is 0.0728. The largest absolute Gasteiger partial charge is 0.482 e. The third-order valence-electron chi connectivity index (χ3n) is 3.83. The molecule has 0 radical (unpaired) electrons. The fourth-order valence-electron chi connectivity index (χ4n) is 2.50. The molecule has 10 nitrogen and oxygen atoms in total. The van der Waals surface area contributed by atoms with Crippen molar-refractivity contribution >= 4 is 16.8 Å². The van der Waals surface area contributed by atoms with E-state index in [4.69, 9.17) is 9.15 Å². The van der Waals surface area contributed by atoms with Gasteiger partial charge in [-0.15, -0.1) is 10.2 Å². The number of para-hydroxylation sites is 1. The number of carbonyl (C=O) groups is 1. The van der Waals surface area contributed by atoms with Gasteiger partial charge in [0, 0.05) is 11.6 Å². The number of fused-ring (bicyclic) bond motifs is 1. The number of pyridine rings is 1. The van der Waals surface area contributed by atoms with Crippen LogP contribution >= 0.6 is 0 Å². The molecule has 0 fully saturated rings. The van der Waals surface area contributed by atoms with E-state index in [1.165, 1.54) is 6.26 Å². The summed E-state index contributed by atoms with van der Waals surface area (Å²) < 4.78 is 11.1.